The molecular formula is C15H24N4S. The number of hydrogen-bond donors (Lipinski definition) is 1. The Bertz CT molecular complexity index is 577. The summed E-state index contributed by atoms with van der Waals surface area (Å²) in [6.45, 7) is 11.8. The topological polar surface area (TPSA) is 42.7 Å². The van der Waals surface area contributed by atoms with Crippen molar-refractivity contribution in [3.63, 3.8) is 0 Å². The molecule has 4 nitrogen and oxygen atoms in total. The molecule has 0 amide bonds. The van der Waals surface area contributed by atoms with Crippen molar-refractivity contribution < 1.29 is 0 Å². The summed E-state index contributed by atoms with van der Waals surface area (Å²) in [7, 11) is 1.97. The van der Waals surface area contributed by atoms with Gasteiger partial charge in [0.15, 0.2) is 0 Å². The lowest BCUT2D eigenvalue weighted by Crippen LogP contribution is -2.16. The molecule has 2 aromatic rings. The summed E-state index contributed by atoms with van der Waals surface area (Å²) in [5.41, 5.74) is 2.28. The van der Waals surface area contributed by atoms with E-state index in [0.717, 1.165) is 22.8 Å². The van der Waals surface area contributed by atoms with Gasteiger partial charge >= 0.3 is 0 Å². The average molecular weight is 292 g/mol. The van der Waals surface area contributed by atoms with Gasteiger partial charge in [-0.25, -0.2) is 4.98 Å². The predicted molar refractivity (Wildman–Crippen MR) is 85.1 cm³/mol. The maximum Gasteiger partial charge on any atom is 0.127 e. The van der Waals surface area contributed by atoms with E-state index in [1.807, 2.05) is 17.9 Å². The minimum Gasteiger partial charge on any atom is -0.310 e. The standard InChI is InChI=1S/C15H24N4S/c1-7-16-10(2)12-8-17-14(20-12)11-9-19(6)18-13(11)15(3,4)5/h8-10,16H,7H2,1-6H3. The lowest BCUT2D eigenvalue weighted by Gasteiger charge is -2.16. The van der Waals surface area contributed by atoms with E-state index in [9.17, 15) is 0 Å². The molecule has 1 N–H and O–H groups in total. The molecule has 110 valence electrons. The third-order valence-corrected chi connectivity index (χ3v) is 4.44. The highest BCUT2D eigenvalue weighted by Crippen LogP contribution is 2.35. The van der Waals surface area contributed by atoms with Crippen LogP contribution in [0.25, 0.3) is 10.6 Å². The van der Waals surface area contributed by atoms with E-state index in [4.69, 9.17) is 0 Å². The first kappa shape index (κ1) is 15.2. The van der Waals surface area contributed by atoms with Crippen LogP contribution in [0.3, 0.4) is 0 Å². The van der Waals surface area contributed by atoms with E-state index in [-0.39, 0.29) is 5.41 Å². The van der Waals surface area contributed by atoms with E-state index in [0.29, 0.717) is 6.04 Å². The maximum absolute atomic E-state index is 4.62. The van der Waals surface area contributed by atoms with Gasteiger partial charge in [0, 0.05) is 35.8 Å². The van der Waals surface area contributed by atoms with Crippen molar-refractivity contribution in [3.8, 4) is 10.6 Å². The van der Waals surface area contributed by atoms with Crippen molar-refractivity contribution in [1.29, 1.82) is 0 Å². The van der Waals surface area contributed by atoms with Crippen LogP contribution in [0.15, 0.2) is 12.4 Å². The zero-order valence-electron chi connectivity index (χ0n) is 13.2. The Kier molecular flexibility index (Phi) is 4.30. The van der Waals surface area contributed by atoms with Crippen LogP contribution in [-0.2, 0) is 12.5 Å². The number of nitrogens with zero attached hydrogens (tertiary/aromatic N) is 3. The zero-order chi connectivity index (χ0) is 14.9. The van der Waals surface area contributed by atoms with Crippen LogP contribution in [0, 0.1) is 0 Å². The van der Waals surface area contributed by atoms with Gasteiger partial charge in [-0.15, -0.1) is 11.3 Å². The molecule has 1 unspecified atom stereocenters. The van der Waals surface area contributed by atoms with Crippen LogP contribution in [0.4, 0.5) is 0 Å². The van der Waals surface area contributed by atoms with Crippen LogP contribution in [0.2, 0.25) is 0 Å². The maximum atomic E-state index is 4.62. The fourth-order valence-corrected chi connectivity index (χ4v) is 3.17. The molecule has 0 saturated carbocycles. The molecule has 0 aliphatic heterocycles. The zero-order valence-corrected chi connectivity index (χ0v) is 14.0. The lowest BCUT2D eigenvalue weighted by atomic mass is 9.90. The normalized spacial score (nSPS) is 13.7. The molecule has 20 heavy (non-hydrogen) atoms. The summed E-state index contributed by atoms with van der Waals surface area (Å²) in [6, 6.07) is 0.348. The Morgan fingerprint density at radius 1 is 1.40 bits per heavy atom. The van der Waals surface area contributed by atoms with Crippen LogP contribution in [-0.4, -0.2) is 21.3 Å². The molecule has 1 atom stereocenters. The van der Waals surface area contributed by atoms with Gasteiger partial charge in [0.2, 0.25) is 0 Å². The molecular weight excluding hydrogens is 268 g/mol. The monoisotopic (exact) mass is 292 g/mol. The second-order valence-corrected chi connectivity index (χ2v) is 7.22. The third kappa shape index (κ3) is 3.10. The molecule has 0 bridgehead atoms. The number of rotatable bonds is 4. The molecule has 0 aliphatic rings. The number of thiazole rings is 1. The highest BCUT2D eigenvalue weighted by molar-refractivity contribution is 7.15. The first-order valence-electron chi connectivity index (χ1n) is 7.06. The Morgan fingerprint density at radius 2 is 2.10 bits per heavy atom. The molecule has 2 rings (SSSR count). The minimum atomic E-state index is 0.0235. The Morgan fingerprint density at radius 3 is 2.70 bits per heavy atom. The molecule has 0 saturated heterocycles. The molecule has 0 aliphatic carbocycles. The van der Waals surface area contributed by atoms with Crippen molar-refractivity contribution in [3.05, 3.63) is 23.0 Å². The van der Waals surface area contributed by atoms with Crippen molar-refractivity contribution in [2.75, 3.05) is 6.54 Å². The lowest BCUT2D eigenvalue weighted by molar-refractivity contribution is 0.554. The summed E-state index contributed by atoms with van der Waals surface area (Å²) in [6.07, 6.45) is 4.05. The summed E-state index contributed by atoms with van der Waals surface area (Å²) in [4.78, 5) is 5.87. The quantitative estimate of drug-likeness (QED) is 0.937. The fraction of sp³-hybridized carbons (Fsp3) is 0.600. The van der Waals surface area contributed by atoms with E-state index in [1.165, 1.54) is 4.88 Å². The molecule has 0 fully saturated rings. The van der Waals surface area contributed by atoms with Crippen LogP contribution in [0.5, 0.6) is 0 Å². The van der Waals surface area contributed by atoms with Crippen LogP contribution in [0.1, 0.15) is 51.2 Å². The summed E-state index contributed by atoms with van der Waals surface area (Å²) in [5, 5.41) is 9.10. The van der Waals surface area contributed by atoms with Gasteiger partial charge in [-0.1, -0.05) is 27.7 Å². The smallest absolute Gasteiger partial charge is 0.127 e. The van der Waals surface area contributed by atoms with E-state index in [1.54, 1.807) is 11.3 Å². The first-order valence-corrected chi connectivity index (χ1v) is 7.88. The Hall–Kier alpha value is -1.20. The minimum absolute atomic E-state index is 0.0235. The van der Waals surface area contributed by atoms with Crippen LogP contribution >= 0.6 is 11.3 Å². The fourth-order valence-electron chi connectivity index (χ4n) is 2.22. The second-order valence-electron chi connectivity index (χ2n) is 6.16. The van der Waals surface area contributed by atoms with Gasteiger partial charge in [-0.05, 0) is 13.5 Å². The molecule has 2 aromatic heterocycles. The van der Waals surface area contributed by atoms with Crippen LogP contribution < -0.4 is 5.32 Å². The highest BCUT2D eigenvalue weighted by atomic mass is 32.1. The summed E-state index contributed by atoms with van der Waals surface area (Å²) in [5.74, 6) is 0. The van der Waals surface area contributed by atoms with Gasteiger partial charge in [-0.3, -0.25) is 4.68 Å². The largest absolute Gasteiger partial charge is 0.310 e. The SMILES string of the molecule is CCNC(C)c1cnc(-c2cn(C)nc2C(C)(C)C)s1. The molecule has 0 aromatic carbocycles. The van der Waals surface area contributed by atoms with E-state index in [2.05, 4.69) is 56.2 Å². The van der Waals surface area contributed by atoms with Gasteiger partial charge in [-0.2, -0.15) is 5.10 Å². The summed E-state index contributed by atoms with van der Waals surface area (Å²) >= 11 is 1.75. The summed E-state index contributed by atoms with van der Waals surface area (Å²) < 4.78 is 1.88. The second kappa shape index (κ2) is 5.66. The van der Waals surface area contributed by atoms with Crippen molar-refractivity contribution in [2.45, 2.75) is 46.1 Å². The van der Waals surface area contributed by atoms with Gasteiger partial charge in [0.05, 0.1) is 11.3 Å². The van der Waals surface area contributed by atoms with E-state index < -0.39 is 0 Å². The number of hydrogen-bond acceptors (Lipinski definition) is 4. The predicted octanol–water partition coefficient (Wildman–Crippen LogP) is 3.51. The number of nitrogens with one attached hydrogen (secondary N) is 1. The van der Waals surface area contributed by atoms with Gasteiger partial charge in [0.25, 0.3) is 0 Å². The highest BCUT2D eigenvalue weighted by Gasteiger charge is 2.24. The number of aromatic nitrogens is 3. The molecule has 2 heterocycles. The van der Waals surface area contributed by atoms with Gasteiger partial charge in [0.1, 0.15) is 5.01 Å². The number of aryl methyl sites for hydroxylation is 1. The Balaban J connectivity index is 2.38. The first-order chi connectivity index (χ1) is 9.32. The molecule has 5 heteroatoms. The van der Waals surface area contributed by atoms with Crippen molar-refractivity contribution in [2.24, 2.45) is 7.05 Å². The van der Waals surface area contributed by atoms with Crippen molar-refractivity contribution in [1.82, 2.24) is 20.1 Å². The Labute approximate surface area is 125 Å². The molecule has 0 radical (unpaired) electrons. The van der Waals surface area contributed by atoms with E-state index >= 15 is 0 Å². The van der Waals surface area contributed by atoms with Gasteiger partial charge < -0.3 is 5.32 Å². The third-order valence-electron chi connectivity index (χ3n) is 3.23. The average Bonchev–Trinajstić information content (AvgIpc) is 2.94. The van der Waals surface area contributed by atoms with Crippen molar-refractivity contribution >= 4 is 11.3 Å². The molecule has 0 spiro atoms.